The summed E-state index contributed by atoms with van der Waals surface area (Å²) in [5.74, 6) is 1.52. The summed E-state index contributed by atoms with van der Waals surface area (Å²) < 4.78 is 34.9. The van der Waals surface area contributed by atoms with Crippen molar-refractivity contribution in [2.45, 2.75) is 13.0 Å². The van der Waals surface area contributed by atoms with Crippen LogP contribution in [-0.4, -0.2) is 42.0 Å². The van der Waals surface area contributed by atoms with Crippen LogP contribution in [0.15, 0.2) is 18.2 Å². The van der Waals surface area contributed by atoms with E-state index in [1.807, 2.05) is 25.1 Å². The van der Waals surface area contributed by atoms with Gasteiger partial charge in [-0.3, -0.25) is 0 Å². The lowest BCUT2D eigenvalue weighted by Gasteiger charge is -2.18. The molecule has 6 nitrogen and oxygen atoms in total. The third kappa shape index (κ3) is 5.36. The Balaban J connectivity index is 2.64. The highest BCUT2D eigenvalue weighted by molar-refractivity contribution is 7.88. The Morgan fingerprint density at radius 3 is 2.45 bits per heavy atom. The van der Waals surface area contributed by atoms with E-state index in [1.54, 1.807) is 14.2 Å². The van der Waals surface area contributed by atoms with Crippen LogP contribution in [0.5, 0.6) is 11.5 Å². The van der Waals surface area contributed by atoms with E-state index >= 15 is 0 Å². The summed E-state index contributed by atoms with van der Waals surface area (Å²) in [4.78, 5) is 0. The first kappa shape index (κ1) is 16.7. The van der Waals surface area contributed by atoms with E-state index in [2.05, 4.69) is 10.0 Å². The standard InChI is InChI=1S/C13H22N2O4S/c1-10(14-7-8-15-20(4,16)17)12-9-11(18-2)5-6-13(12)19-3/h5-6,9-10,14-15H,7-8H2,1-4H3. The molecule has 20 heavy (non-hydrogen) atoms. The van der Waals surface area contributed by atoms with Gasteiger partial charge in [-0.25, -0.2) is 13.1 Å². The lowest BCUT2D eigenvalue weighted by atomic mass is 10.1. The van der Waals surface area contributed by atoms with Crippen molar-refractivity contribution in [1.29, 1.82) is 0 Å². The van der Waals surface area contributed by atoms with Gasteiger partial charge in [0, 0.05) is 24.7 Å². The second-order valence-electron chi connectivity index (χ2n) is 4.45. The van der Waals surface area contributed by atoms with E-state index in [-0.39, 0.29) is 6.04 Å². The molecular weight excluding hydrogens is 280 g/mol. The molecule has 2 N–H and O–H groups in total. The highest BCUT2D eigenvalue weighted by Crippen LogP contribution is 2.28. The average molecular weight is 302 g/mol. The zero-order chi connectivity index (χ0) is 15.2. The number of methoxy groups -OCH3 is 2. The molecule has 1 aromatic rings. The molecule has 114 valence electrons. The van der Waals surface area contributed by atoms with Crippen LogP contribution in [0.1, 0.15) is 18.5 Å². The van der Waals surface area contributed by atoms with E-state index in [0.717, 1.165) is 23.3 Å². The van der Waals surface area contributed by atoms with Crippen LogP contribution in [0.4, 0.5) is 0 Å². The second kappa shape index (κ2) is 7.47. The summed E-state index contributed by atoms with van der Waals surface area (Å²) in [6.07, 6.45) is 1.14. The molecule has 0 heterocycles. The first-order valence-corrected chi connectivity index (χ1v) is 8.16. The minimum absolute atomic E-state index is 0.0152. The molecule has 0 fully saturated rings. The van der Waals surface area contributed by atoms with E-state index < -0.39 is 10.0 Å². The molecule has 1 unspecified atom stereocenters. The third-order valence-electron chi connectivity index (χ3n) is 2.84. The van der Waals surface area contributed by atoms with E-state index in [9.17, 15) is 8.42 Å². The van der Waals surface area contributed by atoms with E-state index in [4.69, 9.17) is 9.47 Å². The summed E-state index contributed by atoms with van der Waals surface area (Å²) in [7, 11) is 0.0803. The molecule has 0 bridgehead atoms. The Labute approximate surface area is 120 Å². The van der Waals surface area contributed by atoms with E-state index in [0.29, 0.717) is 13.1 Å². The molecule has 0 radical (unpaired) electrons. The Bertz CT molecular complexity index is 531. The zero-order valence-corrected chi connectivity index (χ0v) is 13.1. The van der Waals surface area contributed by atoms with Gasteiger partial charge in [0.05, 0.1) is 20.5 Å². The Kier molecular flexibility index (Phi) is 6.25. The van der Waals surface area contributed by atoms with Gasteiger partial charge < -0.3 is 14.8 Å². The zero-order valence-electron chi connectivity index (χ0n) is 12.3. The van der Waals surface area contributed by atoms with Gasteiger partial charge >= 0.3 is 0 Å². The highest BCUT2D eigenvalue weighted by atomic mass is 32.2. The van der Waals surface area contributed by atoms with Gasteiger partial charge in [-0.1, -0.05) is 0 Å². The minimum Gasteiger partial charge on any atom is -0.497 e. The SMILES string of the molecule is COc1ccc(OC)c(C(C)NCCNS(C)(=O)=O)c1. The molecular formula is C13H22N2O4S. The molecule has 0 saturated carbocycles. The molecule has 0 aromatic heterocycles. The number of ether oxygens (including phenoxy) is 2. The molecule has 0 aliphatic rings. The lowest BCUT2D eigenvalue weighted by molar-refractivity contribution is 0.392. The molecule has 1 atom stereocenters. The van der Waals surface area contributed by atoms with Crippen molar-refractivity contribution in [3.8, 4) is 11.5 Å². The molecule has 0 aliphatic heterocycles. The van der Waals surface area contributed by atoms with Gasteiger partial charge in [-0.15, -0.1) is 0 Å². The van der Waals surface area contributed by atoms with Crippen LogP contribution in [-0.2, 0) is 10.0 Å². The van der Waals surface area contributed by atoms with Crippen molar-refractivity contribution in [3.05, 3.63) is 23.8 Å². The number of benzene rings is 1. The molecule has 1 rings (SSSR count). The van der Waals surface area contributed by atoms with Crippen LogP contribution in [0.3, 0.4) is 0 Å². The fourth-order valence-corrected chi connectivity index (χ4v) is 2.29. The minimum atomic E-state index is -3.14. The summed E-state index contributed by atoms with van der Waals surface area (Å²) in [5.41, 5.74) is 0.964. The normalized spacial score (nSPS) is 13.0. The van der Waals surface area contributed by atoms with Crippen molar-refractivity contribution >= 4 is 10.0 Å². The largest absolute Gasteiger partial charge is 0.497 e. The molecule has 0 amide bonds. The number of hydrogen-bond donors (Lipinski definition) is 2. The molecule has 0 saturated heterocycles. The van der Waals surface area contributed by atoms with Crippen molar-refractivity contribution in [2.24, 2.45) is 0 Å². The first-order chi connectivity index (χ1) is 9.37. The van der Waals surface area contributed by atoms with Crippen LogP contribution in [0, 0.1) is 0 Å². The van der Waals surface area contributed by atoms with Crippen molar-refractivity contribution in [1.82, 2.24) is 10.0 Å². The topological polar surface area (TPSA) is 76.7 Å². The predicted molar refractivity (Wildman–Crippen MR) is 78.8 cm³/mol. The van der Waals surface area contributed by atoms with Crippen LogP contribution in [0.2, 0.25) is 0 Å². The highest BCUT2D eigenvalue weighted by Gasteiger charge is 2.12. The lowest BCUT2D eigenvalue weighted by Crippen LogP contribution is -2.32. The predicted octanol–water partition coefficient (Wildman–Crippen LogP) is 0.904. The van der Waals surface area contributed by atoms with Crippen molar-refractivity contribution in [2.75, 3.05) is 33.6 Å². The Hall–Kier alpha value is -1.31. The molecule has 7 heteroatoms. The van der Waals surface area contributed by atoms with Crippen molar-refractivity contribution in [3.63, 3.8) is 0 Å². The smallest absolute Gasteiger partial charge is 0.208 e. The number of rotatable bonds is 8. The maximum absolute atomic E-state index is 11.0. The fourth-order valence-electron chi connectivity index (χ4n) is 1.81. The number of sulfonamides is 1. The molecule has 0 spiro atoms. The average Bonchev–Trinajstić information content (AvgIpc) is 2.41. The van der Waals surface area contributed by atoms with E-state index in [1.165, 1.54) is 0 Å². The maximum Gasteiger partial charge on any atom is 0.208 e. The maximum atomic E-state index is 11.0. The Morgan fingerprint density at radius 2 is 1.90 bits per heavy atom. The van der Waals surface area contributed by atoms with Gasteiger partial charge in [0.15, 0.2) is 0 Å². The van der Waals surface area contributed by atoms with Crippen LogP contribution in [0.25, 0.3) is 0 Å². The monoisotopic (exact) mass is 302 g/mol. The molecule has 1 aromatic carbocycles. The molecule has 0 aliphatic carbocycles. The first-order valence-electron chi connectivity index (χ1n) is 6.27. The van der Waals surface area contributed by atoms with Gasteiger partial charge in [0.1, 0.15) is 11.5 Å². The summed E-state index contributed by atoms with van der Waals surface area (Å²) in [6, 6.07) is 5.60. The number of nitrogens with one attached hydrogen (secondary N) is 2. The van der Waals surface area contributed by atoms with Crippen LogP contribution >= 0.6 is 0 Å². The second-order valence-corrected chi connectivity index (χ2v) is 6.28. The van der Waals surface area contributed by atoms with Gasteiger partial charge in [-0.05, 0) is 25.1 Å². The van der Waals surface area contributed by atoms with Crippen LogP contribution < -0.4 is 19.5 Å². The summed E-state index contributed by atoms with van der Waals surface area (Å²) >= 11 is 0. The van der Waals surface area contributed by atoms with Gasteiger partial charge in [0.25, 0.3) is 0 Å². The van der Waals surface area contributed by atoms with Gasteiger partial charge in [-0.2, -0.15) is 0 Å². The summed E-state index contributed by atoms with van der Waals surface area (Å²) in [5, 5.41) is 3.24. The third-order valence-corrected chi connectivity index (χ3v) is 3.57. The summed E-state index contributed by atoms with van der Waals surface area (Å²) in [6.45, 7) is 2.85. The fraction of sp³-hybridized carbons (Fsp3) is 0.538. The quantitative estimate of drug-likeness (QED) is 0.698. The van der Waals surface area contributed by atoms with Crippen molar-refractivity contribution < 1.29 is 17.9 Å². The Morgan fingerprint density at radius 1 is 1.20 bits per heavy atom. The van der Waals surface area contributed by atoms with Gasteiger partial charge in [0.2, 0.25) is 10.0 Å². The number of hydrogen-bond acceptors (Lipinski definition) is 5.